The largest absolute Gasteiger partial charge is 0.417 e. The van der Waals surface area contributed by atoms with E-state index in [1.165, 1.54) is 6.07 Å². The van der Waals surface area contributed by atoms with Gasteiger partial charge in [0.1, 0.15) is 11.5 Å². The van der Waals surface area contributed by atoms with Crippen LogP contribution < -0.4 is 5.32 Å². The molecule has 5 rings (SSSR count). The fraction of sp³-hybridized carbons (Fsp3) is 0.348. The molecule has 3 aromatic heterocycles. The van der Waals surface area contributed by atoms with Gasteiger partial charge in [0, 0.05) is 36.9 Å². The molecule has 170 valence electrons. The number of alkyl halides is 3. The number of aromatic nitrogens is 4. The lowest BCUT2D eigenvalue weighted by Gasteiger charge is -2.34. The molecule has 33 heavy (non-hydrogen) atoms. The van der Waals surface area contributed by atoms with Gasteiger partial charge in [0.2, 0.25) is 0 Å². The van der Waals surface area contributed by atoms with E-state index in [2.05, 4.69) is 25.3 Å². The first-order valence-corrected chi connectivity index (χ1v) is 10.7. The number of rotatable bonds is 4. The van der Waals surface area contributed by atoms with Crippen molar-refractivity contribution in [3.8, 4) is 11.4 Å². The van der Waals surface area contributed by atoms with Crippen molar-refractivity contribution < 1.29 is 18.0 Å². The highest BCUT2D eigenvalue weighted by molar-refractivity contribution is 5.98. The van der Waals surface area contributed by atoms with E-state index >= 15 is 0 Å². The molecule has 0 unspecified atom stereocenters. The summed E-state index contributed by atoms with van der Waals surface area (Å²) in [5.41, 5.74) is 0.799. The van der Waals surface area contributed by atoms with Crippen molar-refractivity contribution in [2.75, 3.05) is 11.9 Å². The zero-order valence-corrected chi connectivity index (χ0v) is 17.8. The molecule has 7 nitrogen and oxygen atoms in total. The topological polar surface area (TPSA) is 83.9 Å². The number of nitrogens with zero attached hydrogens (tertiary/aromatic N) is 5. The van der Waals surface area contributed by atoms with Gasteiger partial charge < -0.3 is 10.2 Å². The zero-order chi connectivity index (χ0) is 23.2. The first kappa shape index (κ1) is 21.3. The smallest absolute Gasteiger partial charge is 0.365 e. The Bertz CT molecular complexity index is 1170. The summed E-state index contributed by atoms with van der Waals surface area (Å²) in [4.78, 5) is 32.4. The van der Waals surface area contributed by atoms with Gasteiger partial charge in [-0.15, -0.1) is 0 Å². The third-order valence-electron chi connectivity index (χ3n) is 6.21. The fourth-order valence-electron chi connectivity index (χ4n) is 4.73. The van der Waals surface area contributed by atoms with E-state index in [1.807, 2.05) is 17.9 Å². The Morgan fingerprint density at radius 2 is 1.88 bits per heavy atom. The molecule has 0 aromatic carbocycles. The Hall–Kier alpha value is -3.56. The SMILES string of the molecule is Cc1ccc(-c2ncccn2)c(C(=O)N2C[C@@H]3C[C@@H](Nc4ccc(C(F)(F)F)cn4)[C@@H]2C3)n1. The molecule has 1 amide bonds. The summed E-state index contributed by atoms with van der Waals surface area (Å²) in [7, 11) is 0. The minimum atomic E-state index is -4.43. The molecule has 1 saturated carbocycles. The number of fused-ring (bicyclic) bond motifs is 2. The fourth-order valence-corrected chi connectivity index (χ4v) is 4.73. The van der Waals surface area contributed by atoms with Crippen molar-refractivity contribution >= 4 is 11.7 Å². The number of nitrogens with one attached hydrogen (secondary N) is 1. The number of amides is 1. The number of carbonyl (C=O) groups is 1. The molecule has 0 spiro atoms. The lowest BCUT2D eigenvalue weighted by Crippen LogP contribution is -2.48. The summed E-state index contributed by atoms with van der Waals surface area (Å²) in [5, 5.41) is 3.23. The molecule has 2 fully saturated rings. The highest BCUT2D eigenvalue weighted by Gasteiger charge is 2.47. The van der Waals surface area contributed by atoms with E-state index in [0.717, 1.165) is 25.1 Å². The monoisotopic (exact) mass is 454 g/mol. The van der Waals surface area contributed by atoms with Crippen LogP contribution in [0.5, 0.6) is 0 Å². The minimum absolute atomic E-state index is 0.0987. The van der Waals surface area contributed by atoms with Crippen LogP contribution in [0.15, 0.2) is 48.9 Å². The average Bonchev–Trinajstić information content (AvgIpc) is 3.39. The molecule has 3 aromatic rings. The second-order valence-corrected chi connectivity index (χ2v) is 8.46. The Balaban J connectivity index is 1.37. The number of pyridine rings is 2. The highest BCUT2D eigenvalue weighted by atomic mass is 19.4. The molecule has 2 aliphatic rings. The van der Waals surface area contributed by atoms with E-state index in [1.54, 1.807) is 24.5 Å². The summed E-state index contributed by atoms with van der Waals surface area (Å²) < 4.78 is 38.4. The van der Waals surface area contributed by atoms with E-state index < -0.39 is 11.7 Å². The number of carbonyl (C=O) groups excluding carboxylic acids is 1. The average molecular weight is 454 g/mol. The Morgan fingerprint density at radius 3 is 2.55 bits per heavy atom. The predicted molar refractivity (Wildman–Crippen MR) is 114 cm³/mol. The van der Waals surface area contributed by atoms with Gasteiger partial charge in [-0.05, 0) is 56.0 Å². The van der Waals surface area contributed by atoms with Gasteiger partial charge in [-0.25, -0.2) is 19.9 Å². The van der Waals surface area contributed by atoms with Gasteiger partial charge in [0.05, 0.1) is 17.2 Å². The summed E-state index contributed by atoms with van der Waals surface area (Å²) in [5.74, 6) is 0.911. The maximum absolute atomic E-state index is 13.6. The van der Waals surface area contributed by atoms with Crippen LogP contribution in [0.4, 0.5) is 19.0 Å². The summed E-state index contributed by atoms with van der Waals surface area (Å²) in [6.07, 6.45) is 1.28. The minimum Gasteiger partial charge on any atom is -0.365 e. The van der Waals surface area contributed by atoms with Gasteiger partial charge in [0.15, 0.2) is 5.82 Å². The van der Waals surface area contributed by atoms with Crippen LogP contribution in [0.3, 0.4) is 0 Å². The Kier molecular flexibility index (Phi) is 5.22. The summed E-state index contributed by atoms with van der Waals surface area (Å²) in [6.45, 7) is 2.44. The number of hydrogen-bond donors (Lipinski definition) is 1. The van der Waals surface area contributed by atoms with Gasteiger partial charge in [-0.1, -0.05) is 0 Å². The van der Waals surface area contributed by atoms with Crippen molar-refractivity contribution in [1.29, 1.82) is 0 Å². The van der Waals surface area contributed by atoms with Crippen LogP contribution in [0.25, 0.3) is 11.4 Å². The van der Waals surface area contributed by atoms with Crippen molar-refractivity contribution in [3.63, 3.8) is 0 Å². The number of likely N-dealkylation sites (tertiary alicyclic amines) is 1. The highest BCUT2D eigenvalue weighted by Crippen LogP contribution is 2.40. The van der Waals surface area contributed by atoms with Gasteiger partial charge >= 0.3 is 6.18 Å². The van der Waals surface area contributed by atoms with E-state index in [4.69, 9.17) is 0 Å². The molecule has 1 aliphatic heterocycles. The van der Waals surface area contributed by atoms with Crippen molar-refractivity contribution in [1.82, 2.24) is 24.8 Å². The molecule has 1 aliphatic carbocycles. The number of anilines is 1. The standard InChI is InChI=1S/C23H21F3N6O/c1-13-3-5-16(21-27-7-2-8-28-21)20(30-13)22(33)32-12-14-9-17(18(32)10-14)31-19-6-4-15(11-29-19)23(24,25)26/h2-8,11,14,17-18H,9-10,12H2,1H3,(H,29,31)/t14-,17-,18+/m1/s1. The number of aryl methyl sites for hydroxylation is 1. The van der Waals surface area contributed by atoms with Crippen molar-refractivity contribution in [2.24, 2.45) is 5.92 Å². The maximum atomic E-state index is 13.6. The summed E-state index contributed by atoms with van der Waals surface area (Å²) >= 11 is 0. The second-order valence-electron chi connectivity index (χ2n) is 8.46. The third kappa shape index (κ3) is 4.12. The molecule has 4 heterocycles. The van der Waals surface area contributed by atoms with Gasteiger partial charge in [-0.2, -0.15) is 13.2 Å². The summed E-state index contributed by atoms with van der Waals surface area (Å²) in [6, 6.07) is 7.47. The molecule has 1 saturated heterocycles. The molecule has 2 bridgehead atoms. The molecular weight excluding hydrogens is 433 g/mol. The first-order chi connectivity index (χ1) is 15.8. The lowest BCUT2D eigenvalue weighted by molar-refractivity contribution is -0.137. The van der Waals surface area contributed by atoms with Crippen LogP contribution in [0.1, 0.15) is 34.6 Å². The number of halogens is 3. The molecule has 3 atom stereocenters. The van der Waals surface area contributed by atoms with E-state index in [0.29, 0.717) is 41.1 Å². The Labute approximate surface area is 188 Å². The zero-order valence-electron chi connectivity index (χ0n) is 17.8. The van der Waals surface area contributed by atoms with Crippen LogP contribution in [0.2, 0.25) is 0 Å². The lowest BCUT2D eigenvalue weighted by atomic mass is 10.0. The van der Waals surface area contributed by atoms with Crippen LogP contribution in [0, 0.1) is 12.8 Å². The van der Waals surface area contributed by atoms with E-state index in [-0.39, 0.29) is 18.0 Å². The first-order valence-electron chi connectivity index (χ1n) is 10.7. The normalized spacial score (nSPS) is 21.9. The van der Waals surface area contributed by atoms with E-state index in [9.17, 15) is 18.0 Å². The third-order valence-corrected chi connectivity index (χ3v) is 6.21. The Morgan fingerprint density at radius 1 is 1.09 bits per heavy atom. The van der Waals surface area contributed by atoms with Crippen molar-refractivity contribution in [2.45, 2.75) is 38.0 Å². The molecule has 1 N–H and O–H groups in total. The number of hydrogen-bond acceptors (Lipinski definition) is 6. The number of piperidine rings is 1. The molecule has 0 radical (unpaired) electrons. The second kappa shape index (κ2) is 8.09. The van der Waals surface area contributed by atoms with Gasteiger partial charge in [-0.3, -0.25) is 4.79 Å². The van der Waals surface area contributed by atoms with Crippen LogP contribution >= 0.6 is 0 Å². The van der Waals surface area contributed by atoms with Gasteiger partial charge in [0.25, 0.3) is 5.91 Å². The molecule has 10 heteroatoms. The van der Waals surface area contributed by atoms with Crippen LogP contribution in [-0.2, 0) is 6.18 Å². The molecular formula is C23H21F3N6O. The van der Waals surface area contributed by atoms with Crippen molar-refractivity contribution in [3.05, 3.63) is 65.9 Å². The van der Waals surface area contributed by atoms with Crippen LogP contribution in [-0.4, -0.2) is 49.4 Å². The quantitative estimate of drug-likeness (QED) is 0.642. The maximum Gasteiger partial charge on any atom is 0.417 e. The predicted octanol–water partition coefficient (Wildman–Crippen LogP) is 3.98.